The van der Waals surface area contributed by atoms with E-state index < -0.39 is 16.7 Å². The summed E-state index contributed by atoms with van der Waals surface area (Å²) in [5, 5.41) is 4.32. The number of furan rings is 1. The van der Waals surface area contributed by atoms with Crippen LogP contribution >= 0.6 is 15.9 Å². The van der Waals surface area contributed by atoms with Crippen LogP contribution in [0.1, 0.15) is 27.2 Å². The first-order chi connectivity index (χ1) is 13.0. The number of hydrogen-bond acceptors (Lipinski definition) is 4. The molecule has 1 N–H and O–H groups in total. The van der Waals surface area contributed by atoms with Crippen molar-refractivity contribution in [2.24, 2.45) is 5.10 Å². The fourth-order valence-electron chi connectivity index (χ4n) is 2.47. The van der Waals surface area contributed by atoms with Crippen LogP contribution in [-0.4, -0.2) is 22.1 Å². The van der Waals surface area contributed by atoms with E-state index >= 15 is 0 Å². The molecule has 5 nitrogen and oxygen atoms in total. The molecule has 0 bridgehead atoms. The van der Waals surface area contributed by atoms with E-state index in [0.29, 0.717) is 11.5 Å². The molecule has 0 fully saturated rings. The van der Waals surface area contributed by atoms with Crippen molar-refractivity contribution in [3.63, 3.8) is 0 Å². The third-order valence-electron chi connectivity index (χ3n) is 3.73. The van der Waals surface area contributed by atoms with Gasteiger partial charge < -0.3 is 4.42 Å². The fraction of sp³-hybridized carbons (Fsp3) is 0.100. The number of carbonyl (C=O) groups is 1. The molecule has 3 rings (SSSR count). The Hall–Kier alpha value is -2.51. The van der Waals surface area contributed by atoms with Crippen LogP contribution in [0.5, 0.6) is 0 Å². The number of hydrazone groups is 1. The summed E-state index contributed by atoms with van der Waals surface area (Å²) < 4.78 is 17.4. The first-order valence-corrected chi connectivity index (χ1v) is 10.6. The molecule has 3 aromatic rings. The minimum Gasteiger partial charge on any atom is -0.459 e. The molecule has 1 unspecified atom stereocenters. The maximum absolute atomic E-state index is 12.1. The van der Waals surface area contributed by atoms with E-state index in [-0.39, 0.29) is 5.76 Å². The molecule has 1 atom stereocenters. The van der Waals surface area contributed by atoms with Crippen LogP contribution in [0.3, 0.4) is 0 Å². The van der Waals surface area contributed by atoms with Gasteiger partial charge >= 0.3 is 5.91 Å². The zero-order valence-electron chi connectivity index (χ0n) is 14.5. The lowest BCUT2D eigenvalue weighted by Crippen LogP contribution is -2.20. The smallest absolute Gasteiger partial charge is 0.307 e. The molecule has 2 aromatic carbocycles. The van der Waals surface area contributed by atoms with Crippen molar-refractivity contribution in [2.75, 3.05) is 6.26 Å². The first kappa shape index (κ1) is 19.3. The van der Waals surface area contributed by atoms with Gasteiger partial charge in [-0.15, -0.1) is 0 Å². The Morgan fingerprint density at radius 1 is 1.07 bits per heavy atom. The topological polar surface area (TPSA) is 71.7 Å². The summed E-state index contributed by atoms with van der Waals surface area (Å²) in [6.07, 6.45) is 3.11. The lowest BCUT2D eigenvalue weighted by atomic mass is 10.0. The van der Waals surface area contributed by atoms with Gasteiger partial charge in [-0.05, 0) is 29.8 Å². The van der Waals surface area contributed by atoms with Gasteiger partial charge in [0.15, 0.2) is 5.76 Å². The summed E-state index contributed by atoms with van der Waals surface area (Å²) in [7, 11) is -0.902. The quantitative estimate of drug-likeness (QED) is 0.459. The van der Waals surface area contributed by atoms with E-state index in [1.807, 2.05) is 48.5 Å². The summed E-state index contributed by atoms with van der Waals surface area (Å²) in [5.74, 6) is 0.266. The molecule has 27 heavy (non-hydrogen) atoms. The van der Waals surface area contributed by atoms with Gasteiger partial charge in [0.2, 0.25) is 0 Å². The third kappa shape index (κ3) is 5.24. The van der Waals surface area contributed by atoms with Crippen LogP contribution in [-0.2, 0) is 16.6 Å². The van der Waals surface area contributed by atoms with E-state index in [1.165, 1.54) is 6.26 Å². The minimum atomic E-state index is -0.902. The zero-order valence-corrected chi connectivity index (χ0v) is 16.9. The molecule has 1 aromatic heterocycles. The third-order valence-corrected chi connectivity index (χ3v) is 5.00. The normalized spacial score (nSPS) is 12.6. The number of amides is 1. The molecule has 0 aliphatic rings. The molecule has 0 saturated heterocycles. The Bertz CT molecular complexity index is 965. The maximum Gasteiger partial charge on any atom is 0.307 e. The molecule has 7 heteroatoms. The van der Waals surface area contributed by atoms with Crippen LogP contribution in [0.25, 0.3) is 0 Å². The van der Waals surface area contributed by atoms with Gasteiger partial charge in [0.05, 0.1) is 12.0 Å². The molecule has 1 heterocycles. The molecular formula is C20H17BrN2O3S. The standard InChI is InChI=1S/C20H17BrN2O3S/c1-27(25)13-14-4-6-15(7-5-14)19(16-8-10-17(21)11-9-16)22-23-20(24)18-3-2-12-26-18/h2-12H,13H2,1H3,(H,23,24). The van der Waals surface area contributed by atoms with Gasteiger partial charge in [-0.25, -0.2) is 5.43 Å². The summed E-state index contributed by atoms with van der Waals surface area (Å²) in [4.78, 5) is 12.1. The highest BCUT2D eigenvalue weighted by molar-refractivity contribution is 9.10. The monoisotopic (exact) mass is 444 g/mol. The van der Waals surface area contributed by atoms with E-state index in [1.54, 1.807) is 18.4 Å². The van der Waals surface area contributed by atoms with Crippen LogP contribution in [0.2, 0.25) is 0 Å². The van der Waals surface area contributed by atoms with Gasteiger partial charge in [-0.1, -0.05) is 52.3 Å². The van der Waals surface area contributed by atoms with Gasteiger partial charge in [0.1, 0.15) is 0 Å². The lowest BCUT2D eigenvalue weighted by Gasteiger charge is -2.09. The number of halogens is 1. The Labute approximate surface area is 168 Å². The van der Waals surface area contributed by atoms with Crippen LogP contribution in [0, 0.1) is 0 Å². The van der Waals surface area contributed by atoms with Crippen molar-refractivity contribution < 1.29 is 13.4 Å². The van der Waals surface area contributed by atoms with Crippen LogP contribution < -0.4 is 5.43 Å². The van der Waals surface area contributed by atoms with E-state index in [9.17, 15) is 9.00 Å². The molecule has 0 saturated carbocycles. The Balaban J connectivity index is 1.92. The molecule has 0 aliphatic carbocycles. The second-order valence-electron chi connectivity index (χ2n) is 5.80. The molecule has 138 valence electrons. The maximum atomic E-state index is 12.1. The summed E-state index contributed by atoms with van der Waals surface area (Å²) in [5.41, 5.74) is 5.82. The Kier molecular flexibility index (Phi) is 6.36. The molecule has 0 radical (unpaired) electrons. The first-order valence-electron chi connectivity index (χ1n) is 8.10. The molecular weight excluding hydrogens is 428 g/mol. The highest BCUT2D eigenvalue weighted by Gasteiger charge is 2.11. The van der Waals surface area contributed by atoms with Crippen LogP contribution in [0.15, 0.2) is 80.9 Å². The fourth-order valence-corrected chi connectivity index (χ4v) is 3.39. The predicted molar refractivity (Wildman–Crippen MR) is 110 cm³/mol. The predicted octanol–water partition coefficient (Wildman–Crippen LogP) is 4.10. The van der Waals surface area contributed by atoms with E-state index in [2.05, 4.69) is 26.5 Å². The summed E-state index contributed by atoms with van der Waals surface area (Å²) in [6.45, 7) is 0. The Morgan fingerprint density at radius 2 is 1.70 bits per heavy atom. The van der Waals surface area contributed by atoms with Crippen molar-refractivity contribution in [1.29, 1.82) is 0 Å². The number of nitrogens with zero attached hydrogens (tertiary/aromatic N) is 1. The zero-order chi connectivity index (χ0) is 19.2. The second kappa shape index (κ2) is 8.92. The van der Waals surface area contributed by atoms with Gasteiger partial charge in [-0.2, -0.15) is 5.10 Å². The van der Waals surface area contributed by atoms with Crippen molar-refractivity contribution >= 4 is 38.3 Å². The van der Waals surface area contributed by atoms with Crippen molar-refractivity contribution in [3.05, 3.63) is 93.9 Å². The summed E-state index contributed by atoms with van der Waals surface area (Å²) >= 11 is 3.42. The highest BCUT2D eigenvalue weighted by Crippen LogP contribution is 2.16. The van der Waals surface area contributed by atoms with Gasteiger partial charge in [-0.3, -0.25) is 9.00 Å². The number of benzene rings is 2. The number of rotatable bonds is 6. The largest absolute Gasteiger partial charge is 0.459 e. The molecule has 0 spiro atoms. The number of nitrogens with one attached hydrogen (secondary N) is 1. The Morgan fingerprint density at radius 3 is 2.26 bits per heavy atom. The van der Waals surface area contributed by atoms with E-state index in [4.69, 9.17) is 4.42 Å². The molecule has 0 aliphatic heterocycles. The summed E-state index contributed by atoms with van der Waals surface area (Å²) in [6, 6.07) is 18.5. The number of carbonyl (C=O) groups excluding carboxylic acids is 1. The number of hydrogen-bond donors (Lipinski definition) is 1. The average Bonchev–Trinajstić information content (AvgIpc) is 3.19. The molecule has 1 amide bonds. The average molecular weight is 445 g/mol. The van der Waals surface area contributed by atoms with Gasteiger partial charge in [0.25, 0.3) is 0 Å². The van der Waals surface area contributed by atoms with E-state index in [0.717, 1.165) is 21.2 Å². The van der Waals surface area contributed by atoms with Crippen LogP contribution in [0.4, 0.5) is 0 Å². The van der Waals surface area contributed by atoms with Crippen molar-refractivity contribution in [1.82, 2.24) is 5.43 Å². The lowest BCUT2D eigenvalue weighted by molar-refractivity contribution is 0.0927. The second-order valence-corrected chi connectivity index (χ2v) is 8.15. The van der Waals surface area contributed by atoms with Gasteiger partial charge in [0, 0.05) is 38.4 Å². The highest BCUT2D eigenvalue weighted by atomic mass is 79.9. The van der Waals surface area contributed by atoms with Crippen molar-refractivity contribution in [2.45, 2.75) is 5.75 Å². The minimum absolute atomic E-state index is 0.190. The SMILES string of the molecule is CS(=O)Cc1ccc(C(=NNC(=O)c2ccco2)c2ccc(Br)cc2)cc1. The van der Waals surface area contributed by atoms with Crippen molar-refractivity contribution in [3.8, 4) is 0 Å².